The molecule has 1 unspecified atom stereocenters. The van der Waals surface area contributed by atoms with E-state index in [-0.39, 0.29) is 24.4 Å². The summed E-state index contributed by atoms with van der Waals surface area (Å²) in [6, 6.07) is 16.3. The third-order valence-electron chi connectivity index (χ3n) is 4.63. The Hall–Kier alpha value is -2.24. The summed E-state index contributed by atoms with van der Waals surface area (Å²) in [5, 5.41) is 7.57. The second-order valence-electron chi connectivity index (χ2n) is 6.75. The average Bonchev–Trinajstić information content (AvgIpc) is 2.75. The maximum absolute atomic E-state index is 12.4. The van der Waals surface area contributed by atoms with E-state index in [1.807, 2.05) is 11.0 Å². The van der Waals surface area contributed by atoms with Crippen molar-refractivity contribution in [3.63, 3.8) is 0 Å². The Morgan fingerprint density at radius 1 is 1.11 bits per heavy atom. The molecular formula is C23H30FNO3. The normalized spacial score (nSPS) is 18.0. The first-order valence-corrected chi connectivity index (χ1v) is 9.94. The number of aliphatic hydroxyl groups excluding tert-OH is 1. The van der Waals surface area contributed by atoms with Crippen molar-refractivity contribution in [3.05, 3.63) is 71.5 Å². The third kappa shape index (κ3) is 7.06. The SMILES string of the molecule is CCO.Fc1ccccc1.O=C(C1CCCCO1)N1CCc2ccccc2C1. The van der Waals surface area contributed by atoms with Crippen LogP contribution in [0, 0.1) is 5.82 Å². The minimum absolute atomic E-state index is 0.178. The van der Waals surface area contributed by atoms with Crippen LogP contribution >= 0.6 is 0 Å². The largest absolute Gasteiger partial charge is 0.397 e. The average molecular weight is 387 g/mol. The third-order valence-corrected chi connectivity index (χ3v) is 4.63. The molecule has 152 valence electrons. The molecule has 2 aliphatic heterocycles. The number of carbonyl (C=O) groups excluding carboxylic acids is 1. The minimum Gasteiger partial charge on any atom is -0.397 e. The maximum Gasteiger partial charge on any atom is 0.252 e. The molecule has 2 aromatic rings. The van der Waals surface area contributed by atoms with Crippen molar-refractivity contribution in [2.75, 3.05) is 19.8 Å². The van der Waals surface area contributed by atoms with Gasteiger partial charge in [-0.2, -0.15) is 0 Å². The zero-order valence-electron chi connectivity index (χ0n) is 16.5. The zero-order valence-corrected chi connectivity index (χ0v) is 16.5. The molecule has 0 spiro atoms. The van der Waals surface area contributed by atoms with Gasteiger partial charge in [0.1, 0.15) is 11.9 Å². The number of ether oxygens (including phenoxy) is 1. The van der Waals surface area contributed by atoms with Crippen molar-refractivity contribution < 1.29 is 19.0 Å². The fraction of sp³-hybridized carbons (Fsp3) is 0.435. The molecule has 0 aliphatic carbocycles. The second kappa shape index (κ2) is 12.3. The van der Waals surface area contributed by atoms with Crippen LogP contribution in [-0.4, -0.2) is 41.8 Å². The van der Waals surface area contributed by atoms with Crippen molar-refractivity contribution in [1.29, 1.82) is 0 Å². The lowest BCUT2D eigenvalue weighted by atomic mass is 9.99. The van der Waals surface area contributed by atoms with Crippen LogP contribution in [0.25, 0.3) is 0 Å². The summed E-state index contributed by atoms with van der Waals surface area (Å²) in [5.41, 5.74) is 2.67. The summed E-state index contributed by atoms with van der Waals surface area (Å²) in [4.78, 5) is 14.3. The molecule has 0 radical (unpaired) electrons. The topological polar surface area (TPSA) is 49.8 Å². The number of nitrogens with zero attached hydrogens (tertiary/aromatic N) is 1. The molecule has 1 amide bonds. The second-order valence-corrected chi connectivity index (χ2v) is 6.75. The van der Waals surface area contributed by atoms with E-state index >= 15 is 0 Å². The van der Waals surface area contributed by atoms with Crippen molar-refractivity contribution in [2.45, 2.75) is 45.3 Å². The molecule has 1 atom stereocenters. The first-order valence-electron chi connectivity index (χ1n) is 9.94. The number of carbonyl (C=O) groups is 1. The molecule has 1 fully saturated rings. The lowest BCUT2D eigenvalue weighted by Gasteiger charge is -2.33. The summed E-state index contributed by atoms with van der Waals surface area (Å²) in [6.45, 7) is 4.24. The number of fused-ring (bicyclic) bond motifs is 1. The van der Waals surface area contributed by atoms with Crippen molar-refractivity contribution in [3.8, 4) is 0 Å². The molecule has 2 aromatic carbocycles. The molecule has 28 heavy (non-hydrogen) atoms. The summed E-state index contributed by atoms with van der Waals surface area (Å²) in [6.07, 6.45) is 3.86. The van der Waals surface area contributed by atoms with Gasteiger partial charge in [-0.3, -0.25) is 4.79 Å². The fourth-order valence-corrected chi connectivity index (χ4v) is 3.24. The summed E-state index contributed by atoms with van der Waals surface area (Å²) < 4.78 is 17.5. The predicted molar refractivity (Wildman–Crippen MR) is 108 cm³/mol. The van der Waals surface area contributed by atoms with Crippen molar-refractivity contribution in [2.24, 2.45) is 0 Å². The molecule has 0 bridgehead atoms. The lowest BCUT2D eigenvalue weighted by molar-refractivity contribution is -0.147. The predicted octanol–water partition coefficient (Wildman–Crippen LogP) is 3.96. The smallest absolute Gasteiger partial charge is 0.252 e. The van der Waals surface area contributed by atoms with Crippen LogP contribution in [-0.2, 0) is 22.5 Å². The van der Waals surface area contributed by atoms with Gasteiger partial charge in [-0.25, -0.2) is 4.39 Å². The number of halogens is 1. The molecule has 2 heterocycles. The van der Waals surface area contributed by atoms with Gasteiger partial charge in [0, 0.05) is 26.3 Å². The number of rotatable bonds is 1. The van der Waals surface area contributed by atoms with Gasteiger partial charge in [-0.05, 0) is 55.9 Å². The van der Waals surface area contributed by atoms with Gasteiger partial charge in [-0.15, -0.1) is 0 Å². The van der Waals surface area contributed by atoms with Crippen LogP contribution < -0.4 is 0 Å². The van der Waals surface area contributed by atoms with E-state index in [1.54, 1.807) is 25.1 Å². The Morgan fingerprint density at radius 3 is 2.32 bits per heavy atom. The Bertz CT molecular complexity index is 702. The highest BCUT2D eigenvalue weighted by molar-refractivity contribution is 5.81. The quantitative estimate of drug-likeness (QED) is 0.806. The van der Waals surface area contributed by atoms with Crippen LogP contribution in [0.15, 0.2) is 54.6 Å². The van der Waals surface area contributed by atoms with Crippen LogP contribution in [0.1, 0.15) is 37.3 Å². The maximum atomic E-state index is 12.4. The Kier molecular flexibility index (Phi) is 9.66. The van der Waals surface area contributed by atoms with Gasteiger partial charge >= 0.3 is 0 Å². The molecule has 2 aliphatic rings. The van der Waals surface area contributed by atoms with Crippen molar-refractivity contribution in [1.82, 2.24) is 4.90 Å². The Labute approximate surface area is 166 Å². The fourth-order valence-electron chi connectivity index (χ4n) is 3.24. The monoisotopic (exact) mass is 387 g/mol. The van der Waals surface area contributed by atoms with E-state index in [0.29, 0.717) is 0 Å². The van der Waals surface area contributed by atoms with Crippen LogP contribution in [0.3, 0.4) is 0 Å². The van der Waals surface area contributed by atoms with Gasteiger partial charge in [0.25, 0.3) is 5.91 Å². The summed E-state index contributed by atoms with van der Waals surface area (Å²) >= 11 is 0. The van der Waals surface area contributed by atoms with E-state index in [4.69, 9.17) is 9.84 Å². The van der Waals surface area contributed by atoms with Crippen LogP contribution in [0.4, 0.5) is 4.39 Å². The minimum atomic E-state index is -0.191. The first-order chi connectivity index (χ1) is 13.7. The highest BCUT2D eigenvalue weighted by Crippen LogP contribution is 2.22. The molecule has 0 aromatic heterocycles. The highest BCUT2D eigenvalue weighted by Gasteiger charge is 2.28. The highest BCUT2D eigenvalue weighted by atomic mass is 19.1. The van der Waals surface area contributed by atoms with E-state index < -0.39 is 0 Å². The zero-order chi connectivity index (χ0) is 20.2. The molecule has 0 saturated carbocycles. The van der Waals surface area contributed by atoms with Gasteiger partial charge in [0.05, 0.1) is 0 Å². The number of hydrogen-bond acceptors (Lipinski definition) is 3. The van der Waals surface area contributed by atoms with Crippen molar-refractivity contribution >= 4 is 5.91 Å². The van der Waals surface area contributed by atoms with E-state index in [0.717, 1.165) is 45.4 Å². The van der Waals surface area contributed by atoms with Gasteiger partial charge in [0.15, 0.2) is 0 Å². The molecular weight excluding hydrogens is 357 g/mol. The molecule has 5 heteroatoms. The summed E-state index contributed by atoms with van der Waals surface area (Å²) in [7, 11) is 0. The Balaban J connectivity index is 0.000000233. The standard InChI is InChI=1S/C15H19NO2.C6H5F.C2H6O/c17-15(14-7-3-4-10-18-14)16-9-8-12-5-1-2-6-13(12)11-16;7-6-4-2-1-3-5-6;1-2-3/h1-2,5-6,14H,3-4,7-11H2;1-5H;3H,2H2,1H3. The molecule has 1 N–H and O–H groups in total. The van der Waals surface area contributed by atoms with E-state index in [1.165, 1.54) is 23.3 Å². The molecule has 1 saturated heterocycles. The number of amides is 1. The van der Waals surface area contributed by atoms with E-state index in [9.17, 15) is 9.18 Å². The summed E-state index contributed by atoms with van der Waals surface area (Å²) in [5.74, 6) is 0.00621. The van der Waals surface area contributed by atoms with Gasteiger partial charge in [-0.1, -0.05) is 42.5 Å². The lowest BCUT2D eigenvalue weighted by Crippen LogP contribution is -2.44. The van der Waals surface area contributed by atoms with Gasteiger partial charge < -0.3 is 14.7 Å². The Morgan fingerprint density at radius 2 is 1.75 bits per heavy atom. The number of hydrogen-bond donors (Lipinski definition) is 1. The van der Waals surface area contributed by atoms with E-state index in [2.05, 4.69) is 18.2 Å². The van der Waals surface area contributed by atoms with Crippen LogP contribution in [0.2, 0.25) is 0 Å². The first kappa shape index (κ1) is 22.1. The molecule has 4 rings (SSSR count). The number of aliphatic hydroxyl groups is 1. The molecule has 4 nitrogen and oxygen atoms in total. The van der Waals surface area contributed by atoms with Crippen LogP contribution in [0.5, 0.6) is 0 Å². The number of benzene rings is 2. The van der Waals surface area contributed by atoms with Gasteiger partial charge in [0.2, 0.25) is 0 Å².